The summed E-state index contributed by atoms with van der Waals surface area (Å²) in [6.45, 7) is 7.68. The molecular formula is C20H26N6O3. The molecule has 0 radical (unpaired) electrons. The Morgan fingerprint density at radius 2 is 2.00 bits per heavy atom. The van der Waals surface area contributed by atoms with Crippen LogP contribution in [-0.2, 0) is 16.0 Å². The highest BCUT2D eigenvalue weighted by molar-refractivity contribution is 5.85. The minimum atomic E-state index is -0.362. The molecule has 1 aliphatic heterocycles. The lowest BCUT2D eigenvalue weighted by Gasteiger charge is -2.33. The Hall–Kier alpha value is -2.62. The number of methoxy groups -OCH3 is 1. The Balaban J connectivity index is 1.88. The first-order valence-corrected chi connectivity index (χ1v) is 9.80. The first kappa shape index (κ1) is 19.7. The van der Waals surface area contributed by atoms with E-state index in [1.165, 1.54) is 0 Å². The monoisotopic (exact) mass is 398 g/mol. The van der Waals surface area contributed by atoms with Gasteiger partial charge in [0.2, 0.25) is 0 Å². The molecule has 0 bridgehead atoms. The van der Waals surface area contributed by atoms with Gasteiger partial charge in [0.05, 0.1) is 31.9 Å². The number of aryl methyl sites for hydroxylation is 2. The number of fused-ring (bicyclic) bond motifs is 1. The zero-order chi connectivity index (χ0) is 20.4. The number of H-pyrrole nitrogens is 1. The molecule has 3 heterocycles. The molecular weight excluding hydrogens is 372 g/mol. The van der Waals surface area contributed by atoms with Gasteiger partial charge in [0.1, 0.15) is 6.04 Å². The van der Waals surface area contributed by atoms with E-state index in [4.69, 9.17) is 9.47 Å². The van der Waals surface area contributed by atoms with E-state index in [1.807, 2.05) is 19.1 Å². The summed E-state index contributed by atoms with van der Waals surface area (Å²) in [5, 5.41) is 13.3. The second-order valence-corrected chi connectivity index (χ2v) is 7.35. The van der Waals surface area contributed by atoms with E-state index in [2.05, 4.69) is 38.4 Å². The van der Waals surface area contributed by atoms with Crippen LogP contribution in [0.4, 0.5) is 0 Å². The van der Waals surface area contributed by atoms with Gasteiger partial charge in [-0.1, -0.05) is 12.1 Å². The zero-order valence-corrected chi connectivity index (χ0v) is 17.0. The Kier molecular flexibility index (Phi) is 5.70. The number of ether oxygens (including phenoxy) is 2. The molecule has 1 aliphatic rings. The lowest BCUT2D eigenvalue weighted by Crippen LogP contribution is -2.42. The van der Waals surface area contributed by atoms with E-state index in [-0.39, 0.29) is 11.6 Å². The maximum absolute atomic E-state index is 13.2. The third-order valence-electron chi connectivity index (χ3n) is 5.49. The van der Waals surface area contributed by atoms with Gasteiger partial charge in [-0.25, -0.2) is 4.68 Å². The smallest absolute Gasteiger partial charge is 0.253 e. The zero-order valence-electron chi connectivity index (χ0n) is 17.0. The molecule has 9 heteroatoms. The molecule has 1 atom stereocenters. The van der Waals surface area contributed by atoms with Gasteiger partial charge >= 0.3 is 0 Å². The highest BCUT2D eigenvalue weighted by atomic mass is 16.5. The van der Waals surface area contributed by atoms with Crippen LogP contribution in [0.15, 0.2) is 23.0 Å². The fraction of sp³-hybridized carbons (Fsp3) is 0.500. The van der Waals surface area contributed by atoms with Crippen molar-refractivity contribution in [3.63, 3.8) is 0 Å². The first-order chi connectivity index (χ1) is 14.1. The molecule has 3 aromatic rings. The third-order valence-corrected chi connectivity index (χ3v) is 5.49. The maximum Gasteiger partial charge on any atom is 0.253 e. The Bertz CT molecular complexity index is 1050. The topological polar surface area (TPSA) is 98.2 Å². The molecule has 0 spiro atoms. The largest absolute Gasteiger partial charge is 0.383 e. The number of morpholine rings is 1. The normalized spacial score (nSPS) is 16.4. The average Bonchev–Trinajstić information content (AvgIpc) is 3.19. The predicted molar refractivity (Wildman–Crippen MR) is 108 cm³/mol. The standard InChI is InChI=1S/C20H26N6O3/c1-13-4-5-14(2)17-15(13)12-16(20(27)21-17)18(25-6-10-29-11-7-25)19-22-23-24-26(19)8-9-28-3/h4-5,12,18H,6-11H2,1-3H3,(H,21,27). The molecule has 9 nitrogen and oxygen atoms in total. The maximum atomic E-state index is 13.2. The Morgan fingerprint density at radius 1 is 1.24 bits per heavy atom. The van der Waals surface area contributed by atoms with E-state index < -0.39 is 0 Å². The first-order valence-electron chi connectivity index (χ1n) is 9.80. The van der Waals surface area contributed by atoms with Crippen molar-refractivity contribution < 1.29 is 9.47 Å². The van der Waals surface area contributed by atoms with Crippen molar-refractivity contribution in [2.75, 3.05) is 40.0 Å². The van der Waals surface area contributed by atoms with Crippen molar-refractivity contribution in [3.05, 3.63) is 51.1 Å². The van der Waals surface area contributed by atoms with Crippen LogP contribution in [0, 0.1) is 13.8 Å². The number of nitrogens with zero attached hydrogens (tertiary/aromatic N) is 5. The van der Waals surface area contributed by atoms with Gasteiger partial charge in [0, 0.05) is 31.1 Å². The number of pyridine rings is 1. The van der Waals surface area contributed by atoms with Gasteiger partial charge < -0.3 is 14.5 Å². The van der Waals surface area contributed by atoms with Crippen LogP contribution in [0.5, 0.6) is 0 Å². The highest BCUT2D eigenvalue weighted by Gasteiger charge is 2.31. The van der Waals surface area contributed by atoms with Crippen LogP contribution < -0.4 is 5.56 Å². The minimum Gasteiger partial charge on any atom is -0.383 e. The fourth-order valence-corrected chi connectivity index (χ4v) is 3.87. The summed E-state index contributed by atoms with van der Waals surface area (Å²) in [7, 11) is 1.64. The molecule has 0 aliphatic carbocycles. The second kappa shape index (κ2) is 8.40. The van der Waals surface area contributed by atoms with Crippen molar-refractivity contribution in [1.82, 2.24) is 30.1 Å². The van der Waals surface area contributed by atoms with Gasteiger partial charge in [-0.3, -0.25) is 9.69 Å². The Morgan fingerprint density at radius 3 is 2.76 bits per heavy atom. The molecule has 0 saturated carbocycles. The second-order valence-electron chi connectivity index (χ2n) is 7.35. The number of hydrogen-bond donors (Lipinski definition) is 1. The summed E-state index contributed by atoms with van der Waals surface area (Å²) in [4.78, 5) is 18.5. The number of benzene rings is 1. The van der Waals surface area contributed by atoms with Crippen molar-refractivity contribution >= 4 is 10.9 Å². The van der Waals surface area contributed by atoms with Crippen molar-refractivity contribution in [2.24, 2.45) is 0 Å². The van der Waals surface area contributed by atoms with Crippen molar-refractivity contribution in [3.8, 4) is 0 Å². The van der Waals surface area contributed by atoms with E-state index in [0.717, 1.165) is 22.0 Å². The summed E-state index contributed by atoms with van der Waals surface area (Å²) in [6.07, 6.45) is 0. The summed E-state index contributed by atoms with van der Waals surface area (Å²) in [6, 6.07) is 5.73. The van der Waals surface area contributed by atoms with Gasteiger partial charge in [-0.15, -0.1) is 5.10 Å². The number of tetrazole rings is 1. The minimum absolute atomic E-state index is 0.121. The highest BCUT2D eigenvalue weighted by Crippen LogP contribution is 2.29. The van der Waals surface area contributed by atoms with Gasteiger partial charge in [-0.05, 0) is 41.5 Å². The average molecular weight is 398 g/mol. The fourth-order valence-electron chi connectivity index (χ4n) is 3.87. The molecule has 29 heavy (non-hydrogen) atoms. The summed E-state index contributed by atoms with van der Waals surface area (Å²) in [5.41, 5.74) is 3.55. The van der Waals surface area contributed by atoms with Crippen LogP contribution >= 0.6 is 0 Å². The van der Waals surface area contributed by atoms with Crippen LogP contribution in [0.1, 0.15) is 28.6 Å². The number of aromatic nitrogens is 5. The van der Waals surface area contributed by atoms with Gasteiger partial charge in [-0.2, -0.15) is 0 Å². The number of rotatable bonds is 6. The SMILES string of the molecule is COCCn1nnnc1C(c1cc2c(C)ccc(C)c2[nH]c1=O)N1CCOCC1. The van der Waals surface area contributed by atoms with Gasteiger partial charge in [0.25, 0.3) is 5.56 Å². The molecule has 154 valence electrons. The molecule has 1 N–H and O–H groups in total. The van der Waals surface area contributed by atoms with Crippen LogP contribution in [0.25, 0.3) is 10.9 Å². The summed E-state index contributed by atoms with van der Waals surface area (Å²) >= 11 is 0. The summed E-state index contributed by atoms with van der Waals surface area (Å²) in [5.74, 6) is 0.638. The van der Waals surface area contributed by atoms with E-state index in [9.17, 15) is 4.79 Å². The van der Waals surface area contributed by atoms with E-state index >= 15 is 0 Å². The quantitative estimate of drug-likeness (QED) is 0.666. The molecule has 1 saturated heterocycles. The molecule has 0 amide bonds. The van der Waals surface area contributed by atoms with Crippen LogP contribution in [0.3, 0.4) is 0 Å². The lowest BCUT2D eigenvalue weighted by molar-refractivity contribution is 0.0211. The Labute approximate surface area is 168 Å². The molecule has 1 aromatic carbocycles. The van der Waals surface area contributed by atoms with E-state index in [1.54, 1.807) is 11.8 Å². The number of nitrogens with one attached hydrogen (secondary N) is 1. The van der Waals surface area contributed by atoms with Crippen molar-refractivity contribution in [1.29, 1.82) is 0 Å². The lowest BCUT2D eigenvalue weighted by atomic mass is 9.99. The summed E-state index contributed by atoms with van der Waals surface area (Å²) < 4.78 is 12.4. The number of hydrogen-bond acceptors (Lipinski definition) is 7. The molecule has 2 aromatic heterocycles. The molecule has 1 unspecified atom stereocenters. The van der Waals surface area contributed by atoms with E-state index in [0.29, 0.717) is 50.8 Å². The van der Waals surface area contributed by atoms with Crippen molar-refractivity contribution in [2.45, 2.75) is 26.4 Å². The van der Waals surface area contributed by atoms with Gasteiger partial charge in [0.15, 0.2) is 5.82 Å². The molecule has 1 fully saturated rings. The van der Waals surface area contributed by atoms with Crippen LogP contribution in [-0.4, -0.2) is 70.1 Å². The number of aromatic amines is 1. The predicted octanol–water partition coefficient (Wildman–Crippen LogP) is 1.20. The third kappa shape index (κ3) is 3.81. The van der Waals surface area contributed by atoms with Crippen LogP contribution in [0.2, 0.25) is 0 Å². The molecule has 4 rings (SSSR count).